The van der Waals surface area contributed by atoms with Gasteiger partial charge in [-0.25, -0.2) is 8.42 Å². The van der Waals surface area contributed by atoms with Crippen LogP contribution >= 0.6 is 24.0 Å². The van der Waals surface area contributed by atoms with E-state index in [1.165, 1.54) is 12.1 Å². The van der Waals surface area contributed by atoms with Gasteiger partial charge in [0.1, 0.15) is 10.9 Å². The van der Waals surface area contributed by atoms with Gasteiger partial charge in [-0.05, 0) is 30.7 Å². The molecule has 31 heavy (non-hydrogen) atoms. The molecular weight excluding hydrogens is 454 g/mol. The molecular formula is C21H19N3O4S3. The quantitative estimate of drug-likeness (QED) is 0.365. The first-order valence-corrected chi connectivity index (χ1v) is 11.8. The molecule has 1 heterocycles. The Morgan fingerprint density at radius 2 is 1.81 bits per heavy atom. The first-order valence-electron chi connectivity index (χ1n) is 9.11. The van der Waals surface area contributed by atoms with Gasteiger partial charge in [0.15, 0.2) is 0 Å². The number of aryl methyl sites for hydroxylation is 1. The first-order chi connectivity index (χ1) is 14.8. The lowest BCUT2D eigenvalue weighted by Crippen LogP contribution is -2.47. The predicted octanol–water partition coefficient (Wildman–Crippen LogP) is 2.76. The average molecular weight is 474 g/mol. The van der Waals surface area contributed by atoms with Gasteiger partial charge in [-0.3, -0.25) is 19.9 Å². The van der Waals surface area contributed by atoms with Crippen molar-refractivity contribution in [1.82, 2.24) is 15.2 Å². The van der Waals surface area contributed by atoms with Crippen LogP contribution in [0.25, 0.3) is 6.08 Å². The summed E-state index contributed by atoms with van der Waals surface area (Å²) in [5.74, 6) is -1.13. The van der Waals surface area contributed by atoms with Gasteiger partial charge >= 0.3 is 0 Å². The van der Waals surface area contributed by atoms with Gasteiger partial charge < -0.3 is 0 Å². The Labute approximate surface area is 190 Å². The third kappa shape index (κ3) is 6.11. The Hall–Kier alpha value is -2.79. The molecule has 2 aromatic carbocycles. The van der Waals surface area contributed by atoms with E-state index in [4.69, 9.17) is 12.2 Å². The van der Waals surface area contributed by atoms with Gasteiger partial charge in [-0.1, -0.05) is 84.2 Å². The molecule has 2 amide bonds. The van der Waals surface area contributed by atoms with Crippen molar-refractivity contribution in [3.63, 3.8) is 0 Å². The Morgan fingerprint density at radius 3 is 2.48 bits per heavy atom. The number of allylic oxidation sites excluding steroid dienone is 2. The van der Waals surface area contributed by atoms with Gasteiger partial charge in [0.2, 0.25) is 0 Å². The third-order valence-electron chi connectivity index (χ3n) is 4.17. The number of amides is 2. The van der Waals surface area contributed by atoms with E-state index in [-0.39, 0.29) is 9.22 Å². The van der Waals surface area contributed by atoms with E-state index in [0.29, 0.717) is 4.91 Å². The van der Waals surface area contributed by atoms with Gasteiger partial charge in [0.05, 0.1) is 9.80 Å². The molecule has 1 fully saturated rings. The maximum Gasteiger partial charge on any atom is 0.266 e. The molecule has 1 saturated heterocycles. The minimum Gasteiger partial charge on any atom is -0.283 e. The van der Waals surface area contributed by atoms with Crippen LogP contribution in [-0.2, 0) is 19.6 Å². The monoisotopic (exact) mass is 473 g/mol. The topological polar surface area (TPSA) is 95.6 Å². The Bertz CT molecular complexity index is 1160. The largest absolute Gasteiger partial charge is 0.283 e. The number of nitrogens with one attached hydrogen (secondary N) is 2. The lowest BCUT2D eigenvalue weighted by Gasteiger charge is -2.14. The molecule has 3 rings (SSSR count). The minimum atomic E-state index is -3.93. The molecule has 0 radical (unpaired) electrons. The number of thiocarbonyl (C=S) groups is 1. The van der Waals surface area contributed by atoms with Crippen LogP contribution in [0.1, 0.15) is 11.1 Å². The van der Waals surface area contributed by atoms with Crippen LogP contribution in [-0.4, -0.2) is 36.0 Å². The summed E-state index contributed by atoms with van der Waals surface area (Å²) in [6, 6.07) is 15.7. The van der Waals surface area contributed by atoms with Crippen molar-refractivity contribution in [2.24, 2.45) is 0 Å². The maximum atomic E-state index is 12.5. The highest BCUT2D eigenvalue weighted by atomic mass is 32.2. The zero-order valence-electron chi connectivity index (χ0n) is 16.4. The van der Waals surface area contributed by atoms with Gasteiger partial charge in [-0.2, -0.15) is 0 Å². The van der Waals surface area contributed by atoms with Crippen molar-refractivity contribution in [3.05, 3.63) is 82.8 Å². The van der Waals surface area contributed by atoms with E-state index >= 15 is 0 Å². The number of sulfonamides is 1. The maximum absolute atomic E-state index is 12.5. The van der Waals surface area contributed by atoms with Crippen LogP contribution in [0.2, 0.25) is 0 Å². The average Bonchev–Trinajstić information content (AvgIpc) is 3.01. The van der Waals surface area contributed by atoms with Crippen molar-refractivity contribution in [2.45, 2.75) is 11.8 Å². The number of thioether (sulfide) groups is 1. The molecule has 160 valence electrons. The van der Waals surface area contributed by atoms with Gasteiger partial charge in [0, 0.05) is 0 Å². The minimum absolute atomic E-state index is 0.0112. The molecule has 10 heteroatoms. The molecule has 0 saturated carbocycles. The molecule has 1 aliphatic heterocycles. The number of nitrogens with zero attached hydrogens (tertiary/aromatic N) is 1. The summed E-state index contributed by atoms with van der Waals surface area (Å²) in [6.45, 7) is 1.43. The Morgan fingerprint density at radius 1 is 1.13 bits per heavy atom. The Kier molecular flexibility index (Phi) is 7.39. The van der Waals surface area contributed by atoms with E-state index in [2.05, 4.69) is 5.43 Å². The lowest BCUT2D eigenvalue weighted by molar-refractivity contribution is -0.129. The molecule has 7 nitrogen and oxygen atoms in total. The van der Waals surface area contributed by atoms with Crippen molar-refractivity contribution in [2.75, 3.05) is 6.54 Å². The van der Waals surface area contributed by atoms with Crippen LogP contribution in [0.15, 0.2) is 76.5 Å². The molecule has 0 aromatic heterocycles. The third-order valence-corrected chi connectivity index (χ3v) is 6.83. The van der Waals surface area contributed by atoms with Crippen molar-refractivity contribution in [3.8, 4) is 0 Å². The number of carbonyl (C=O) groups is 2. The number of hydrogen-bond acceptors (Lipinski definition) is 6. The predicted molar refractivity (Wildman–Crippen MR) is 125 cm³/mol. The molecule has 0 aliphatic carbocycles. The zero-order valence-corrected chi connectivity index (χ0v) is 18.9. The van der Waals surface area contributed by atoms with Gasteiger partial charge in [0.25, 0.3) is 21.8 Å². The summed E-state index contributed by atoms with van der Waals surface area (Å²) in [5, 5.41) is 0. The SMILES string of the molecule is Cc1ccc(S(=O)(=O)NNC(=O)CN2C(=O)C(=CC=Cc3ccccc3)SC2=S)cc1. The Balaban J connectivity index is 1.58. The van der Waals surface area contributed by atoms with E-state index < -0.39 is 28.4 Å². The standard InChI is InChI=1S/C21H19N3O4S3/c1-15-10-12-17(13-11-15)31(27,28)23-22-19(25)14-24-20(26)18(30-21(24)29)9-5-8-16-6-3-2-4-7-16/h2-13,23H,14H2,1H3,(H,22,25). The molecule has 0 bridgehead atoms. The van der Waals surface area contributed by atoms with Crippen molar-refractivity contribution < 1.29 is 18.0 Å². The summed E-state index contributed by atoms with van der Waals surface area (Å²) in [7, 11) is -3.93. The van der Waals surface area contributed by atoms with Crippen LogP contribution in [0.4, 0.5) is 0 Å². The number of hydrogen-bond donors (Lipinski definition) is 2. The number of rotatable bonds is 7. The van der Waals surface area contributed by atoms with Crippen LogP contribution in [0.5, 0.6) is 0 Å². The summed E-state index contributed by atoms with van der Waals surface area (Å²) in [5.41, 5.74) is 4.00. The highest BCUT2D eigenvalue weighted by molar-refractivity contribution is 8.26. The van der Waals surface area contributed by atoms with E-state index in [9.17, 15) is 18.0 Å². The van der Waals surface area contributed by atoms with Crippen molar-refractivity contribution in [1.29, 1.82) is 0 Å². The fraction of sp³-hybridized carbons (Fsp3) is 0.0952. The van der Waals surface area contributed by atoms with Crippen molar-refractivity contribution >= 4 is 56.2 Å². The molecule has 0 unspecified atom stereocenters. The highest BCUT2D eigenvalue weighted by Gasteiger charge is 2.33. The number of benzene rings is 2. The van der Waals surface area contributed by atoms with E-state index in [0.717, 1.165) is 27.8 Å². The normalized spacial score (nSPS) is 15.8. The first kappa shape index (κ1) is 22.9. The number of carbonyl (C=O) groups excluding carboxylic acids is 2. The molecule has 2 aromatic rings. The lowest BCUT2D eigenvalue weighted by atomic mass is 10.2. The fourth-order valence-electron chi connectivity index (χ4n) is 2.54. The molecule has 0 spiro atoms. The van der Waals surface area contributed by atoms with Crippen LogP contribution in [0, 0.1) is 6.92 Å². The highest BCUT2D eigenvalue weighted by Crippen LogP contribution is 2.30. The van der Waals surface area contributed by atoms with Crippen LogP contribution < -0.4 is 10.3 Å². The van der Waals surface area contributed by atoms with E-state index in [1.807, 2.05) is 48.2 Å². The zero-order chi connectivity index (χ0) is 22.4. The molecule has 1 aliphatic rings. The number of hydrazine groups is 1. The second kappa shape index (κ2) is 10.0. The second-order valence-electron chi connectivity index (χ2n) is 6.53. The van der Waals surface area contributed by atoms with E-state index in [1.54, 1.807) is 24.3 Å². The van der Waals surface area contributed by atoms with Crippen LogP contribution in [0.3, 0.4) is 0 Å². The molecule has 2 N–H and O–H groups in total. The second-order valence-corrected chi connectivity index (χ2v) is 9.88. The molecule has 0 atom stereocenters. The fourth-order valence-corrected chi connectivity index (χ4v) is 4.61. The summed E-state index contributed by atoms with van der Waals surface area (Å²) < 4.78 is 24.7. The summed E-state index contributed by atoms with van der Waals surface area (Å²) >= 11 is 6.27. The summed E-state index contributed by atoms with van der Waals surface area (Å²) in [6.07, 6.45) is 5.21. The van der Waals surface area contributed by atoms with Gasteiger partial charge in [-0.15, -0.1) is 4.83 Å². The smallest absolute Gasteiger partial charge is 0.266 e. The summed E-state index contributed by atoms with van der Waals surface area (Å²) in [4.78, 5) is 28.3.